The average Bonchev–Trinajstić information content (AvgIpc) is 2.07. The Hall–Kier alpha value is -0.160. The average molecular weight is 290 g/mol. The molecule has 1 aromatic carbocycles. The molecular formula is C8H7Cl3O3S. The van der Waals surface area contributed by atoms with Crippen LogP contribution in [-0.4, -0.2) is 15.0 Å². The van der Waals surface area contributed by atoms with Gasteiger partial charge in [-0.25, -0.2) is 8.42 Å². The number of hydrogen-bond donors (Lipinski definition) is 0. The molecule has 0 radical (unpaired) electrons. The third kappa shape index (κ3) is 3.14. The second-order valence-electron chi connectivity index (χ2n) is 2.59. The van der Waals surface area contributed by atoms with Crippen LogP contribution in [0.1, 0.15) is 6.92 Å². The van der Waals surface area contributed by atoms with E-state index in [1.807, 2.05) is 0 Å². The first-order chi connectivity index (χ1) is 6.86. The molecule has 0 N–H and O–H groups in total. The van der Waals surface area contributed by atoms with Crippen LogP contribution in [0.25, 0.3) is 0 Å². The maximum atomic E-state index is 11.2. The predicted molar refractivity (Wildman–Crippen MR) is 60.7 cm³/mol. The summed E-state index contributed by atoms with van der Waals surface area (Å²) in [4.78, 5) is -0.219. The molecule has 0 bridgehead atoms. The molecule has 84 valence electrons. The normalized spacial score (nSPS) is 11.5. The van der Waals surface area contributed by atoms with E-state index in [-0.39, 0.29) is 27.3 Å². The zero-order valence-electron chi connectivity index (χ0n) is 7.63. The van der Waals surface area contributed by atoms with E-state index in [1.54, 1.807) is 6.92 Å². The van der Waals surface area contributed by atoms with Crippen molar-refractivity contribution in [2.75, 3.05) is 6.61 Å². The number of rotatable bonds is 3. The van der Waals surface area contributed by atoms with Crippen molar-refractivity contribution in [2.45, 2.75) is 11.8 Å². The van der Waals surface area contributed by atoms with Gasteiger partial charge in [0.2, 0.25) is 0 Å². The Bertz CT molecular complexity index is 470. The Kier molecular flexibility index (Phi) is 4.12. The van der Waals surface area contributed by atoms with Crippen molar-refractivity contribution >= 4 is 42.9 Å². The summed E-state index contributed by atoms with van der Waals surface area (Å²) >= 11 is 11.5. The molecule has 0 fully saturated rings. The minimum atomic E-state index is -3.92. The van der Waals surface area contributed by atoms with Gasteiger partial charge < -0.3 is 4.74 Å². The first-order valence-corrected chi connectivity index (χ1v) is 6.99. The molecule has 0 amide bonds. The van der Waals surface area contributed by atoms with Crippen molar-refractivity contribution < 1.29 is 13.2 Å². The van der Waals surface area contributed by atoms with Crippen molar-refractivity contribution in [1.82, 2.24) is 0 Å². The number of benzene rings is 1. The van der Waals surface area contributed by atoms with Crippen LogP contribution in [0.4, 0.5) is 0 Å². The Morgan fingerprint density at radius 1 is 1.33 bits per heavy atom. The summed E-state index contributed by atoms with van der Waals surface area (Å²) in [5, 5.41) is 0.297. The van der Waals surface area contributed by atoms with E-state index >= 15 is 0 Å². The van der Waals surface area contributed by atoms with E-state index in [4.69, 9.17) is 38.6 Å². The van der Waals surface area contributed by atoms with Gasteiger partial charge >= 0.3 is 0 Å². The van der Waals surface area contributed by atoms with Crippen LogP contribution in [0.3, 0.4) is 0 Å². The van der Waals surface area contributed by atoms with E-state index in [1.165, 1.54) is 12.1 Å². The Balaban J connectivity index is 3.47. The quantitative estimate of drug-likeness (QED) is 0.802. The topological polar surface area (TPSA) is 43.4 Å². The Morgan fingerprint density at radius 2 is 1.93 bits per heavy atom. The zero-order chi connectivity index (χ0) is 11.6. The van der Waals surface area contributed by atoms with E-state index in [2.05, 4.69) is 0 Å². The van der Waals surface area contributed by atoms with Crippen LogP contribution < -0.4 is 4.74 Å². The fraction of sp³-hybridized carbons (Fsp3) is 0.250. The molecule has 3 nitrogen and oxygen atoms in total. The minimum Gasteiger partial charge on any atom is -0.491 e. The summed E-state index contributed by atoms with van der Waals surface area (Å²) in [5.41, 5.74) is 0. The van der Waals surface area contributed by atoms with E-state index < -0.39 is 9.05 Å². The van der Waals surface area contributed by atoms with Gasteiger partial charge in [0.25, 0.3) is 9.05 Å². The molecule has 0 aliphatic heterocycles. The lowest BCUT2D eigenvalue weighted by atomic mass is 10.3. The van der Waals surface area contributed by atoms with Crippen molar-refractivity contribution in [3.8, 4) is 5.75 Å². The molecule has 0 aliphatic carbocycles. The largest absolute Gasteiger partial charge is 0.491 e. The van der Waals surface area contributed by atoms with Crippen molar-refractivity contribution in [1.29, 1.82) is 0 Å². The Morgan fingerprint density at radius 3 is 2.40 bits per heavy atom. The highest BCUT2D eigenvalue weighted by molar-refractivity contribution is 8.13. The predicted octanol–water partition coefficient (Wildman–Crippen LogP) is 3.32. The second kappa shape index (κ2) is 4.78. The maximum Gasteiger partial charge on any atom is 0.265 e. The summed E-state index contributed by atoms with van der Waals surface area (Å²) in [7, 11) is 1.30. The van der Waals surface area contributed by atoms with Crippen LogP contribution in [0.5, 0.6) is 5.75 Å². The van der Waals surface area contributed by atoms with Gasteiger partial charge in [-0.2, -0.15) is 0 Å². The second-order valence-corrected chi connectivity index (χ2v) is 5.96. The summed E-state index contributed by atoms with van der Waals surface area (Å²) in [5.74, 6) is 0.0265. The third-order valence-corrected chi connectivity index (χ3v) is 3.35. The van der Waals surface area contributed by atoms with Crippen LogP contribution in [0.15, 0.2) is 17.0 Å². The van der Waals surface area contributed by atoms with Crippen LogP contribution >= 0.6 is 33.9 Å². The molecule has 1 rings (SSSR count). The Labute approximate surface area is 102 Å². The highest BCUT2D eigenvalue weighted by atomic mass is 35.7. The molecule has 0 atom stereocenters. The van der Waals surface area contributed by atoms with E-state index in [0.29, 0.717) is 0 Å². The third-order valence-electron chi connectivity index (χ3n) is 1.53. The van der Waals surface area contributed by atoms with Gasteiger partial charge in [0.05, 0.1) is 11.6 Å². The lowest BCUT2D eigenvalue weighted by Crippen LogP contribution is -2.00. The lowest BCUT2D eigenvalue weighted by Gasteiger charge is -2.09. The summed E-state index contributed by atoms with van der Waals surface area (Å²) in [6.45, 7) is 1.98. The molecule has 1 aromatic rings. The lowest BCUT2D eigenvalue weighted by molar-refractivity contribution is 0.331. The van der Waals surface area contributed by atoms with Gasteiger partial charge in [-0.15, -0.1) is 0 Å². The number of ether oxygens (including phenoxy) is 1. The van der Waals surface area contributed by atoms with Gasteiger partial charge in [0, 0.05) is 15.7 Å². The van der Waals surface area contributed by atoms with Gasteiger partial charge in [-0.05, 0) is 19.1 Å². The van der Waals surface area contributed by atoms with Gasteiger partial charge in [-0.1, -0.05) is 23.2 Å². The molecule has 0 aromatic heterocycles. The first kappa shape index (κ1) is 12.9. The first-order valence-electron chi connectivity index (χ1n) is 3.92. The number of hydrogen-bond acceptors (Lipinski definition) is 3. The fourth-order valence-electron chi connectivity index (χ4n) is 1.00. The highest BCUT2D eigenvalue weighted by Crippen LogP contribution is 2.36. The number of halogens is 3. The molecule has 0 heterocycles. The zero-order valence-corrected chi connectivity index (χ0v) is 10.7. The van der Waals surface area contributed by atoms with Crippen LogP contribution in [-0.2, 0) is 9.05 Å². The van der Waals surface area contributed by atoms with Gasteiger partial charge in [0.1, 0.15) is 4.90 Å². The molecule has 0 saturated carbocycles. The summed E-state index contributed by atoms with van der Waals surface area (Å²) in [6, 6.07) is 2.58. The van der Waals surface area contributed by atoms with Crippen molar-refractivity contribution in [2.24, 2.45) is 0 Å². The molecule has 0 unspecified atom stereocenters. The van der Waals surface area contributed by atoms with Gasteiger partial charge in [-0.3, -0.25) is 0 Å². The molecule has 7 heteroatoms. The van der Waals surface area contributed by atoms with E-state index in [9.17, 15) is 8.42 Å². The standard InChI is InChI=1S/C8H7Cl3O3S/c1-2-14-8-6(10)3-5(9)4-7(8)15(11,12)13/h3-4H,2H2,1H3. The molecule has 15 heavy (non-hydrogen) atoms. The summed E-state index contributed by atoms with van der Waals surface area (Å²) in [6.07, 6.45) is 0. The maximum absolute atomic E-state index is 11.2. The van der Waals surface area contributed by atoms with E-state index in [0.717, 1.165) is 0 Å². The van der Waals surface area contributed by atoms with Crippen LogP contribution in [0, 0.1) is 0 Å². The monoisotopic (exact) mass is 288 g/mol. The molecule has 0 aliphatic rings. The highest BCUT2D eigenvalue weighted by Gasteiger charge is 2.20. The van der Waals surface area contributed by atoms with Crippen molar-refractivity contribution in [3.63, 3.8) is 0 Å². The minimum absolute atomic E-state index is 0.0265. The van der Waals surface area contributed by atoms with Crippen molar-refractivity contribution in [3.05, 3.63) is 22.2 Å². The molecule has 0 spiro atoms. The van der Waals surface area contributed by atoms with Gasteiger partial charge in [0.15, 0.2) is 5.75 Å². The molecule has 0 saturated heterocycles. The molecular weight excluding hydrogens is 283 g/mol. The fourth-order valence-corrected chi connectivity index (χ4v) is 2.67. The summed E-state index contributed by atoms with van der Waals surface area (Å²) < 4.78 is 27.5. The van der Waals surface area contributed by atoms with Crippen LogP contribution in [0.2, 0.25) is 10.0 Å². The smallest absolute Gasteiger partial charge is 0.265 e. The SMILES string of the molecule is CCOc1c(Cl)cc(Cl)cc1S(=O)(=O)Cl.